The molecule has 1 aromatic rings. The maximum Gasteiger partial charge on any atom is 0.134 e. The molecular weight excluding hydrogens is 264 g/mol. The molecule has 2 aliphatic heterocycles. The van der Waals surface area contributed by atoms with Crippen LogP contribution in [-0.4, -0.2) is 47.7 Å². The fourth-order valence-corrected chi connectivity index (χ4v) is 3.36. The van der Waals surface area contributed by atoms with Crippen LogP contribution in [0, 0.1) is 11.3 Å². The highest BCUT2D eigenvalue weighted by molar-refractivity contribution is 5.52. The van der Waals surface area contributed by atoms with Crippen LogP contribution < -0.4 is 4.90 Å². The summed E-state index contributed by atoms with van der Waals surface area (Å²) in [6.07, 6.45) is 1.67. The van der Waals surface area contributed by atoms with E-state index in [-0.39, 0.29) is 0 Å². The average molecular weight is 286 g/mol. The summed E-state index contributed by atoms with van der Waals surface area (Å²) in [7, 11) is 0. The standard InChI is InChI=1S/C16H22N4O/c1-11(2)19-7-12(3)20-15(8-19)10-21-9-14-4-13(5-17)6-18-16(14)20/h4,6,11-12,15H,7-10H2,1-3H3/t12-,15+/m0/s1. The van der Waals surface area contributed by atoms with E-state index in [0.29, 0.717) is 36.9 Å². The Morgan fingerprint density at radius 2 is 2.24 bits per heavy atom. The highest BCUT2D eigenvalue weighted by Gasteiger charge is 2.36. The molecule has 1 fully saturated rings. The molecule has 5 heteroatoms. The van der Waals surface area contributed by atoms with E-state index in [0.717, 1.165) is 24.5 Å². The van der Waals surface area contributed by atoms with Crippen molar-refractivity contribution in [3.63, 3.8) is 0 Å². The molecule has 3 heterocycles. The lowest BCUT2D eigenvalue weighted by molar-refractivity contribution is 0.0755. The Bertz CT molecular complexity index is 566. The predicted molar refractivity (Wildman–Crippen MR) is 81.0 cm³/mol. The molecule has 0 amide bonds. The first-order valence-electron chi connectivity index (χ1n) is 7.59. The van der Waals surface area contributed by atoms with Gasteiger partial charge >= 0.3 is 0 Å². The summed E-state index contributed by atoms with van der Waals surface area (Å²) in [5, 5.41) is 9.04. The van der Waals surface area contributed by atoms with Crippen molar-refractivity contribution in [1.29, 1.82) is 5.26 Å². The number of hydrogen-bond acceptors (Lipinski definition) is 5. The van der Waals surface area contributed by atoms with E-state index in [1.54, 1.807) is 6.20 Å². The Morgan fingerprint density at radius 1 is 1.43 bits per heavy atom. The van der Waals surface area contributed by atoms with Crippen molar-refractivity contribution in [2.75, 3.05) is 24.6 Å². The Hall–Kier alpha value is -1.64. The van der Waals surface area contributed by atoms with Crippen molar-refractivity contribution in [2.24, 2.45) is 0 Å². The number of rotatable bonds is 1. The van der Waals surface area contributed by atoms with E-state index in [1.165, 1.54) is 0 Å². The van der Waals surface area contributed by atoms with Gasteiger partial charge in [0.25, 0.3) is 0 Å². The first-order chi connectivity index (χ1) is 10.1. The van der Waals surface area contributed by atoms with Gasteiger partial charge in [-0.05, 0) is 26.8 Å². The van der Waals surface area contributed by atoms with Crippen molar-refractivity contribution < 1.29 is 4.74 Å². The number of ether oxygens (including phenoxy) is 1. The average Bonchev–Trinajstić information content (AvgIpc) is 2.65. The normalized spacial score (nSPS) is 26.0. The maximum absolute atomic E-state index is 9.04. The summed E-state index contributed by atoms with van der Waals surface area (Å²) in [4.78, 5) is 9.45. The second-order valence-electron chi connectivity index (χ2n) is 6.29. The van der Waals surface area contributed by atoms with Gasteiger partial charge in [0.1, 0.15) is 11.9 Å². The molecule has 0 N–H and O–H groups in total. The van der Waals surface area contributed by atoms with Gasteiger partial charge in [-0.2, -0.15) is 5.26 Å². The lowest BCUT2D eigenvalue weighted by atomic mass is 10.0. The lowest BCUT2D eigenvalue weighted by Crippen LogP contribution is -2.60. The first-order valence-corrected chi connectivity index (χ1v) is 7.59. The Labute approximate surface area is 126 Å². The van der Waals surface area contributed by atoms with Crippen LogP contribution in [-0.2, 0) is 11.3 Å². The minimum Gasteiger partial charge on any atom is -0.374 e. The van der Waals surface area contributed by atoms with Gasteiger partial charge in [0.05, 0.1) is 24.8 Å². The molecule has 2 atom stereocenters. The largest absolute Gasteiger partial charge is 0.374 e. The van der Waals surface area contributed by atoms with Crippen LogP contribution in [0.3, 0.4) is 0 Å². The maximum atomic E-state index is 9.04. The molecule has 0 spiro atoms. The highest BCUT2D eigenvalue weighted by atomic mass is 16.5. The molecule has 21 heavy (non-hydrogen) atoms. The summed E-state index contributed by atoms with van der Waals surface area (Å²) in [5.41, 5.74) is 1.63. The monoisotopic (exact) mass is 286 g/mol. The summed E-state index contributed by atoms with van der Waals surface area (Å²) < 4.78 is 5.85. The van der Waals surface area contributed by atoms with Crippen LogP contribution in [0.4, 0.5) is 5.82 Å². The van der Waals surface area contributed by atoms with Crippen LogP contribution in [0.25, 0.3) is 0 Å². The fourth-order valence-electron chi connectivity index (χ4n) is 3.36. The molecule has 0 unspecified atom stereocenters. The van der Waals surface area contributed by atoms with Gasteiger partial charge in [0, 0.05) is 36.9 Å². The van der Waals surface area contributed by atoms with Gasteiger partial charge in [0.2, 0.25) is 0 Å². The van der Waals surface area contributed by atoms with Crippen LogP contribution in [0.5, 0.6) is 0 Å². The zero-order valence-electron chi connectivity index (χ0n) is 12.9. The van der Waals surface area contributed by atoms with Crippen molar-refractivity contribution in [1.82, 2.24) is 9.88 Å². The van der Waals surface area contributed by atoms with Crippen LogP contribution in [0.2, 0.25) is 0 Å². The number of pyridine rings is 1. The first kappa shape index (κ1) is 14.3. The topological polar surface area (TPSA) is 52.4 Å². The minimum atomic E-state index is 0.331. The van der Waals surface area contributed by atoms with Crippen LogP contribution in [0.1, 0.15) is 31.9 Å². The summed E-state index contributed by atoms with van der Waals surface area (Å²) in [6.45, 7) is 10.0. The third-order valence-corrected chi connectivity index (χ3v) is 4.43. The van der Waals surface area contributed by atoms with Crippen LogP contribution >= 0.6 is 0 Å². The van der Waals surface area contributed by atoms with Gasteiger partial charge in [0.15, 0.2) is 0 Å². The number of aromatic nitrogens is 1. The number of hydrogen-bond donors (Lipinski definition) is 0. The smallest absolute Gasteiger partial charge is 0.134 e. The molecule has 1 aromatic heterocycles. The molecule has 1 saturated heterocycles. The Kier molecular flexibility index (Phi) is 3.83. The van der Waals surface area contributed by atoms with E-state index in [1.807, 2.05) is 6.07 Å². The number of fused-ring (bicyclic) bond motifs is 3. The van der Waals surface area contributed by atoms with E-state index in [2.05, 4.69) is 41.6 Å². The third kappa shape index (κ3) is 2.61. The van der Waals surface area contributed by atoms with E-state index in [9.17, 15) is 0 Å². The van der Waals surface area contributed by atoms with E-state index >= 15 is 0 Å². The second kappa shape index (κ2) is 5.63. The molecule has 0 aliphatic carbocycles. The molecule has 0 saturated carbocycles. The zero-order valence-corrected chi connectivity index (χ0v) is 12.9. The Balaban J connectivity index is 1.95. The molecule has 3 rings (SSSR count). The highest BCUT2D eigenvalue weighted by Crippen LogP contribution is 2.30. The number of anilines is 1. The molecule has 0 aromatic carbocycles. The minimum absolute atomic E-state index is 0.331. The number of nitriles is 1. The lowest BCUT2D eigenvalue weighted by Gasteiger charge is -2.47. The van der Waals surface area contributed by atoms with Gasteiger partial charge in [-0.15, -0.1) is 0 Å². The molecule has 112 valence electrons. The van der Waals surface area contributed by atoms with Crippen molar-refractivity contribution in [2.45, 2.75) is 45.5 Å². The van der Waals surface area contributed by atoms with Gasteiger partial charge in [-0.3, -0.25) is 4.90 Å². The fraction of sp³-hybridized carbons (Fsp3) is 0.625. The quantitative estimate of drug-likeness (QED) is 0.787. The van der Waals surface area contributed by atoms with Gasteiger partial charge in [-0.25, -0.2) is 4.98 Å². The molecule has 0 bridgehead atoms. The predicted octanol–water partition coefficient (Wildman–Crippen LogP) is 1.77. The number of nitrogens with zero attached hydrogens (tertiary/aromatic N) is 4. The van der Waals surface area contributed by atoms with E-state index < -0.39 is 0 Å². The summed E-state index contributed by atoms with van der Waals surface area (Å²) in [6, 6.07) is 5.34. The van der Waals surface area contributed by atoms with Crippen molar-refractivity contribution >= 4 is 5.82 Å². The summed E-state index contributed by atoms with van der Waals surface area (Å²) in [5.74, 6) is 0.993. The molecule has 2 aliphatic rings. The number of piperazine rings is 1. The third-order valence-electron chi connectivity index (χ3n) is 4.43. The van der Waals surface area contributed by atoms with Crippen molar-refractivity contribution in [3.8, 4) is 6.07 Å². The van der Waals surface area contributed by atoms with Crippen molar-refractivity contribution in [3.05, 3.63) is 23.4 Å². The SMILES string of the molecule is CC(C)N1C[C@@H]2COCc3cc(C#N)cnc3N2[C@@H](C)C1. The summed E-state index contributed by atoms with van der Waals surface area (Å²) >= 11 is 0. The zero-order chi connectivity index (χ0) is 15.0. The molecule has 5 nitrogen and oxygen atoms in total. The van der Waals surface area contributed by atoms with Crippen LogP contribution in [0.15, 0.2) is 12.3 Å². The van der Waals surface area contributed by atoms with E-state index in [4.69, 9.17) is 10.00 Å². The van der Waals surface area contributed by atoms with Gasteiger partial charge in [-0.1, -0.05) is 0 Å². The molecular formula is C16H22N4O. The Morgan fingerprint density at radius 3 is 2.95 bits per heavy atom. The van der Waals surface area contributed by atoms with Gasteiger partial charge < -0.3 is 9.64 Å². The second-order valence-corrected chi connectivity index (χ2v) is 6.29. The molecule has 0 radical (unpaired) electrons.